The van der Waals surface area contributed by atoms with Crippen molar-refractivity contribution in [1.29, 1.82) is 0 Å². The normalized spacial score (nSPS) is 25.9. The number of carboxylic acids is 1. The molecule has 0 heterocycles. The predicted molar refractivity (Wildman–Crippen MR) is 143 cm³/mol. The SMILES string of the molecule is O=C(O)C1C([N+](=O)[O-])C2(c3ccccc3)C(=O)C1(c1ccccc1)C(c1ccccc1)=C2c1ccccc1. The van der Waals surface area contributed by atoms with Crippen molar-refractivity contribution < 1.29 is 19.6 Å². The molecule has 4 aromatic rings. The highest BCUT2D eigenvalue weighted by Crippen LogP contribution is 2.70. The number of ketones is 1. The van der Waals surface area contributed by atoms with Gasteiger partial charge in [0.25, 0.3) is 0 Å². The third-order valence-electron chi connectivity index (χ3n) is 8.06. The summed E-state index contributed by atoms with van der Waals surface area (Å²) >= 11 is 0. The molecule has 0 amide bonds. The quantitative estimate of drug-likeness (QED) is 0.281. The van der Waals surface area contributed by atoms with Crippen molar-refractivity contribution in [3.8, 4) is 0 Å². The molecule has 0 radical (unpaired) electrons. The van der Waals surface area contributed by atoms with Gasteiger partial charge in [0.05, 0.1) is 0 Å². The van der Waals surface area contributed by atoms with E-state index in [2.05, 4.69) is 0 Å². The third-order valence-corrected chi connectivity index (χ3v) is 8.06. The second-order valence-electron chi connectivity index (χ2n) is 9.71. The smallest absolute Gasteiger partial charge is 0.315 e. The Morgan fingerprint density at radius 3 is 1.42 bits per heavy atom. The molecule has 2 aliphatic carbocycles. The van der Waals surface area contributed by atoms with Crippen LogP contribution in [-0.4, -0.2) is 27.8 Å². The van der Waals surface area contributed by atoms with E-state index in [1.165, 1.54) is 0 Å². The van der Waals surface area contributed by atoms with Gasteiger partial charge in [-0.15, -0.1) is 0 Å². The van der Waals surface area contributed by atoms with Gasteiger partial charge in [-0.05, 0) is 33.4 Å². The fourth-order valence-corrected chi connectivity index (χ4v) is 6.86. The Balaban J connectivity index is 1.90. The number of Topliss-reactive ketones (excluding diaryl/α,β-unsaturated/α-hetero) is 1. The number of aliphatic carboxylic acids is 1. The van der Waals surface area contributed by atoms with Crippen LogP contribution in [0.2, 0.25) is 0 Å². The number of carbonyl (C=O) groups excluding carboxylic acids is 1. The molecule has 4 unspecified atom stereocenters. The van der Waals surface area contributed by atoms with E-state index in [1.807, 2.05) is 60.7 Å². The maximum Gasteiger partial charge on any atom is 0.315 e. The van der Waals surface area contributed by atoms with Gasteiger partial charge in [0.2, 0.25) is 6.04 Å². The van der Waals surface area contributed by atoms with Gasteiger partial charge in [0.1, 0.15) is 16.7 Å². The predicted octanol–water partition coefficient (Wildman–Crippen LogP) is 5.42. The lowest BCUT2D eigenvalue weighted by molar-refractivity contribution is -0.534. The highest BCUT2D eigenvalue weighted by Gasteiger charge is 2.83. The maximum atomic E-state index is 15.2. The Morgan fingerprint density at radius 1 is 0.658 bits per heavy atom. The fraction of sp³-hybridized carbons (Fsp3) is 0.125. The first-order chi connectivity index (χ1) is 18.5. The molecule has 6 heteroatoms. The first-order valence-corrected chi connectivity index (χ1v) is 12.3. The van der Waals surface area contributed by atoms with E-state index in [9.17, 15) is 20.0 Å². The largest absolute Gasteiger partial charge is 0.481 e. The monoisotopic (exact) mass is 501 g/mol. The summed E-state index contributed by atoms with van der Waals surface area (Å²) in [6, 6.07) is 33.9. The van der Waals surface area contributed by atoms with Crippen LogP contribution in [0.4, 0.5) is 0 Å². The van der Waals surface area contributed by atoms with E-state index >= 15 is 4.79 Å². The lowest BCUT2D eigenvalue weighted by atomic mass is 9.61. The fourth-order valence-electron chi connectivity index (χ4n) is 6.86. The number of hydrogen-bond acceptors (Lipinski definition) is 4. The molecule has 0 saturated heterocycles. The number of hydrogen-bond donors (Lipinski definition) is 1. The molecule has 1 saturated carbocycles. The summed E-state index contributed by atoms with van der Waals surface area (Å²) in [5, 5.41) is 23.7. The highest BCUT2D eigenvalue weighted by atomic mass is 16.6. The van der Waals surface area contributed by atoms with Crippen LogP contribution in [-0.2, 0) is 20.4 Å². The Morgan fingerprint density at radius 2 is 1.03 bits per heavy atom. The van der Waals surface area contributed by atoms with Gasteiger partial charge in [-0.1, -0.05) is 121 Å². The molecular formula is C32H23NO5. The van der Waals surface area contributed by atoms with Gasteiger partial charge in [0.15, 0.2) is 5.78 Å². The molecule has 6 rings (SSSR count). The van der Waals surface area contributed by atoms with Crippen LogP contribution in [0, 0.1) is 16.0 Å². The summed E-state index contributed by atoms with van der Waals surface area (Å²) in [5.41, 5.74) is -0.444. The zero-order chi connectivity index (χ0) is 26.5. The second-order valence-corrected chi connectivity index (χ2v) is 9.71. The minimum atomic E-state index is -1.82. The highest BCUT2D eigenvalue weighted by molar-refractivity contribution is 6.31. The van der Waals surface area contributed by atoms with Crippen LogP contribution in [0.1, 0.15) is 22.3 Å². The zero-order valence-electron chi connectivity index (χ0n) is 20.2. The Bertz CT molecular complexity index is 1470. The summed E-state index contributed by atoms with van der Waals surface area (Å²) < 4.78 is 0. The molecule has 4 atom stereocenters. The average Bonchev–Trinajstić information content (AvgIpc) is 3.34. The minimum absolute atomic E-state index is 0.417. The average molecular weight is 502 g/mol. The number of carbonyl (C=O) groups is 2. The van der Waals surface area contributed by atoms with Crippen LogP contribution in [0.15, 0.2) is 121 Å². The number of carboxylic acid groups (broad SMARTS) is 1. The van der Waals surface area contributed by atoms with E-state index < -0.39 is 39.5 Å². The number of allylic oxidation sites excluding steroid dienone is 1. The first kappa shape index (κ1) is 23.6. The van der Waals surface area contributed by atoms with Crippen molar-refractivity contribution in [2.24, 2.45) is 5.92 Å². The van der Waals surface area contributed by atoms with Gasteiger partial charge in [-0.25, -0.2) is 0 Å². The molecule has 1 N–H and O–H groups in total. The topological polar surface area (TPSA) is 97.5 Å². The van der Waals surface area contributed by atoms with Gasteiger partial charge in [-0.3, -0.25) is 19.7 Å². The molecule has 2 bridgehead atoms. The maximum absolute atomic E-state index is 15.2. The van der Waals surface area contributed by atoms with Crippen molar-refractivity contribution in [3.05, 3.63) is 154 Å². The number of rotatable bonds is 6. The molecule has 0 aromatic heterocycles. The molecule has 6 nitrogen and oxygen atoms in total. The minimum Gasteiger partial charge on any atom is -0.481 e. The van der Waals surface area contributed by atoms with Crippen LogP contribution in [0.25, 0.3) is 11.1 Å². The van der Waals surface area contributed by atoms with Gasteiger partial charge in [0, 0.05) is 4.92 Å². The van der Waals surface area contributed by atoms with E-state index in [0.717, 1.165) is 0 Å². The van der Waals surface area contributed by atoms with Crippen molar-refractivity contribution in [1.82, 2.24) is 0 Å². The van der Waals surface area contributed by atoms with E-state index in [1.54, 1.807) is 60.7 Å². The number of nitrogens with zero attached hydrogens (tertiary/aromatic N) is 1. The van der Waals surface area contributed by atoms with Crippen LogP contribution in [0.3, 0.4) is 0 Å². The first-order valence-electron chi connectivity index (χ1n) is 12.3. The number of nitro groups is 1. The van der Waals surface area contributed by atoms with Gasteiger partial charge >= 0.3 is 5.97 Å². The Labute approximate surface area is 219 Å². The van der Waals surface area contributed by atoms with Crippen molar-refractivity contribution in [2.75, 3.05) is 0 Å². The summed E-state index contributed by atoms with van der Waals surface area (Å²) in [5.74, 6) is -3.48. The molecule has 2 aliphatic rings. The number of fused-ring (bicyclic) bond motifs is 2. The molecular weight excluding hydrogens is 478 g/mol. The van der Waals surface area contributed by atoms with Crippen molar-refractivity contribution in [2.45, 2.75) is 16.9 Å². The van der Waals surface area contributed by atoms with E-state index in [-0.39, 0.29) is 0 Å². The molecule has 4 aromatic carbocycles. The summed E-state index contributed by atoms with van der Waals surface area (Å²) in [7, 11) is 0. The van der Waals surface area contributed by atoms with Crippen LogP contribution >= 0.6 is 0 Å². The molecule has 38 heavy (non-hydrogen) atoms. The molecule has 0 aliphatic heterocycles. The molecule has 186 valence electrons. The number of benzene rings is 4. The third kappa shape index (κ3) is 2.88. The van der Waals surface area contributed by atoms with Crippen LogP contribution < -0.4 is 0 Å². The Kier molecular flexibility index (Phi) is 5.35. The summed E-state index contributed by atoms with van der Waals surface area (Å²) in [6.07, 6.45) is 0. The van der Waals surface area contributed by atoms with Crippen LogP contribution in [0.5, 0.6) is 0 Å². The van der Waals surface area contributed by atoms with Crippen molar-refractivity contribution in [3.63, 3.8) is 0 Å². The van der Waals surface area contributed by atoms with E-state index in [0.29, 0.717) is 33.4 Å². The molecule has 1 fully saturated rings. The van der Waals surface area contributed by atoms with Gasteiger partial charge < -0.3 is 5.11 Å². The van der Waals surface area contributed by atoms with E-state index in [4.69, 9.17) is 0 Å². The second kappa shape index (κ2) is 8.63. The lowest BCUT2D eigenvalue weighted by Crippen LogP contribution is -2.51. The zero-order valence-corrected chi connectivity index (χ0v) is 20.2. The van der Waals surface area contributed by atoms with Crippen molar-refractivity contribution >= 4 is 22.9 Å². The molecule has 0 spiro atoms. The summed E-state index contributed by atoms with van der Waals surface area (Å²) in [4.78, 5) is 40.8. The summed E-state index contributed by atoms with van der Waals surface area (Å²) in [6.45, 7) is 0. The Hall–Kier alpha value is -4.84. The lowest BCUT2D eigenvalue weighted by Gasteiger charge is -2.38. The standard InChI is InChI=1S/C32H23NO5/c34-29(35)27-28(33(37)38)32(24-19-11-4-12-20-24)26(22-15-7-2-8-16-22)25(21-13-5-1-6-14-21)31(27,30(32)36)23-17-9-3-10-18-23/h1-20,27-28H,(H,34,35). The van der Waals surface area contributed by atoms with Gasteiger partial charge in [-0.2, -0.15) is 0 Å².